The summed E-state index contributed by atoms with van der Waals surface area (Å²) in [5.74, 6) is 0. The molecule has 1 saturated carbocycles. The molecule has 0 bridgehead atoms. The Morgan fingerprint density at radius 2 is 1.77 bits per heavy atom. The third kappa shape index (κ3) is 4.59. The monoisotopic (exact) mass is 345 g/mol. The zero-order valence-corrected chi connectivity index (χ0v) is 14.0. The van der Waals surface area contributed by atoms with Gasteiger partial charge in [0, 0.05) is 18.1 Å². The largest absolute Gasteiger partial charge is 0.343 e. The molecule has 0 heterocycles. The number of sulfonamides is 1. The maximum absolute atomic E-state index is 12.1. The minimum atomic E-state index is -3.90. The number of halogens is 1. The van der Waals surface area contributed by atoms with Gasteiger partial charge in [-0.1, -0.05) is 30.9 Å². The molecule has 1 aliphatic carbocycles. The molecule has 2 N–H and O–H groups in total. The van der Waals surface area contributed by atoms with Gasteiger partial charge in [-0.3, -0.25) is 5.43 Å². The van der Waals surface area contributed by atoms with Crippen LogP contribution in [0.3, 0.4) is 0 Å². The number of hydrogen-bond acceptors (Lipinski definition) is 4. The Balaban J connectivity index is 1.94. The van der Waals surface area contributed by atoms with Crippen molar-refractivity contribution in [3.8, 4) is 0 Å². The van der Waals surface area contributed by atoms with Gasteiger partial charge in [-0.15, -0.1) is 0 Å². The molecule has 0 radical (unpaired) electrons. The van der Waals surface area contributed by atoms with Crippen molar-refractivity contribution in [2.45, 2.75) is 43.0 Å². The average molecular weight is 346 g/mol. The van der Waals surface area contributed by atoms with Crippen molar-refractivity contribution in [1.29, 1.82) is 0 Å². The van der Waals surface area contributed by atoms with Crippen LogP contribution in [0.4, 0.5) is 4.79 Å². The van der Waals surface area contributed by atoms with Gasteiger partial charge in [-0.2, -0.15) is 0 Å². The van der Waals surface area contributed by atoms with E-state index in [0.717, 1.165) is 25.7 Å². The van der Waals surface area contributed by atoms with Gasteiger partial charge < -0.3 is 0 Å². The predicted molar refractivity (Wildman–Crippen MR) is 84.9 cm³/mol. The molecule has 0 aliphatic heterocycles. The van der Waals surface area contributed by atoms with Crippen LogP contribution in [0, 0.1) is 0 Å². The fraction of sp³-hybridized carbons (Fsp3) is 0.500. The molecule has 6 nitrogen and oxygen atoms in total. The lowest BCUT2D eigenvalue weighted by atomic mass is 9.95. The molecule has 0 saturated heterocycles. The van der Waals surface area contributed by atoms with Crippen molar-refractivity contribution in [2.75, 3.05) is 7.05 Å². The SMILES string of the molecule is CN(NC(=O)NS(=O)(=O)c1ccc(Cl)cc1)C1CCCCC1. The number of urea groups is 1. The van der Waals surface area contributed by atoms with Gasteiger partial charge in [0.2, 0.25) is 0 Å². The summed E-state index contributed by atoms with van der Waals surface area (Å²) in [6.07, 6.45) is 5.46. The number of hydrazine groups is 1. The highest BCUT2D eigenvalue weighted by Gasteiger charge is 2.22. The quantitative estimate of drug-likeness (QED) is 0.822. The number of amides is 2. The van der Waals surface area contributed by atoms with E-state index in [1.807, 2.05) is 4.72 Å². The number of benzene rings is 1. The van der Waals surface area contributed by atoms with E-state index < -0.39 is 16.1 Å². The highest BCUT2D eigenvalue weighted by molar-refractivity contribution is 7.90. The first-order valence-electron chi connectivity index (χ1n) is 7.20. The van der Waals surface area contributed by atoms with Gasteiger partial charge in [0.05, 0.1) is 4.90 Å². The molecular formula is C14H20ClN3O3S. The van der Waals surface area contributed by atoms with Crippen molar-refractivity contribution in [2.24, 2.45) is 0 Å². The smallest absolute Gasteiger partial charge is 0.270 e. The van der Waals surface area contributed by atoms with Crippen LogP contribution in [0.2, 0.25) is 5.02 Å². The lowest BCUT2D eigenvalue weighted by Crippen LogP contribution is -2.51. The van der Waals surface area contributed by atoms with Crippen LogP contribution >= 0.6 is 11.6 Å². The fourth-order valence-electron chi connectivity index (χ4n) is 2.54. The van der Waals surface area contributed by atoms with Crippen molar-refractivity contribution in [3.63, 3.8) is 0 Å². The van der Waals surface area contributed by atoms with E-state index in [1.54, 1.807) is 12.1 Å². The topological polar surface area (TPSA) is 78.5 Å². The van der Waals surface area contributed by atoms with E-state index in [4.69, 9.17) is 11.6 Å². The molecule has 2 amide bonds. The van der Waals surface area contributed by atoms with Crippen LogP contribution in [0.1, 0.15) is 32.1 Å². The molecule has 22 heavy (non-hydrogen) atoms. The minimum absolute atomic E-state index is 0.00707. The number of carbonyl (C=O) groups is 1. The zero-order chi connectivity index (χ0) is 16.2. The second-order valence-electron chi connectivity index (χ2n) is 5.40. The average Bonchev–Trinajstić information content (AvgIpc) is 2.48. The van der Waals surface area contributed by atoms with E-state index in [-0.39, 0.29) is 10.9 Å². The lowest BCUT2D eigenvalue weighted by molar-refractivity contribution is 0.137. The second-order valence-corrected chi connectivity index (χ2v) is 7.52. The Hall–Kier alpha value is -1.31. The highest BCUT2D eigenvalue weighted by Crippen LogP contribution is 2.20. The maximum Gasteiger partial charge on any atom is 0.343 e. The van der Waals surface area contributed by atoms with E-state index in [2.05, 4.69) is 5.43 Å². The number of hydrogen-bond donors (Lipinski definition) is 2. The molecule has 122 valence electrons. The molecule has 1 aromatic rings. The summed E-state index contributed by atoms with van der Waals surface area (Å²) in [6, 6.07) is 5.11. The Morgan fingerprint density at radius 3 is 2.36 bits per heavy atom. The van der Waals surface area contributed by atoms with Crippen LogP contribution in [-0.4, -0.2) is 32.5 Å². The molecule has 1 aromatic carbocycles. The Labute approximate surface area is 135 Å². The molecule has 0 atom stereocenters. The lowest BCUT2D eigenvalue weighted by Gasteiger charge is -2.31. The minimum Gasteiger partial charge on any atom is -0.270 e. The maximum atomic E-state index is 12.1. The van der Waals surface area contributed by atoms with E-state index >= 15 is 0 Å². The standard InChI is InChI=1S/C14H20ClN3O3S/c1-18(12-5-3-2-4-6-12)16-14(19)17-22(20,21)13-9-7-11(15)8-10-13/h7-10,12H,2-6H2,1H3,(H2,16,17,19). The van der Waals surface area contributed by atoms with Crippen molar-refractivity contribution >= 4 is 27.7 Å². The van der Waals surface area contributed by atoms with Crippen molar-refractivity contribution < 1.29 is 13.2 Å². The molecule has 0 spiro atoms. The second kappa shape index (κ2) is 7.30. The fourth-order valence-corrected chi connectivity index (χ4v) is 3.57. The zero-order valence-electron chi connectivity index (χ0n) is 12.4. The Kier molecular flexibility index (Phi) is 5.66. The molecule has 1 aliphatic rings. The Bertz CT molecular complexity index is 613. The van der Waals surface area contributed by atoms with Crippen LogP contribution in [0.25, 0.3) is 0 Å². The number of rotatable bonds is 4. The van der Waals surface area contributed by atoms with Gasteiger partial charge in [-0.05, 0) is 37.1 Å². The van der Waals surface area contributed by atoms with E-state index in [0.29, 0.717) is 5.02 Å². The molecule has 2 rings (SSSR count). The first-order chi connectivity index (χ1) is 10.4. The molecular weight excluding hydrogens is 326 g/mol. The van der Waals surface area contributed by atoms with E-state index in [9.17, 15) is 13.2 Å². The number of nitrogens with zero attached hydrogens (tertiary/aromatic N) is 1. The van der Waals surface area contributed by atoms with Gasteiger partial charge in [0.1, 0.15) is 0 Å². The molecule has 8 heteroatoms. The summed E-state index contributed by atoms with van der Waals surface area (Å²) in [5, 5.41) is 2.12. The predicted octanol–water partition coefficient (Wildman–Crippen LogP) is 2.51. The number of nitrogens with one attached hydrogen (secondary N) is 2. The van der Waals surface area contributed by atoms with Crippen molar-refractivity contribution in [1.82, 2.24) is 15.2 Å². The summed E-state index contributed by atoms with van der Waals surface area (Å²) < 4.78 is 26.2. The van der Waals surface area contributed by atoms with Crippen LogP contribution in [0.5, 0.6) is 0 Å². The van der Waals surface area contributed by atoms with Crippen LogP contribution < -0.4 is 10.1 Å². The van der Waals surface area contributed by atoms with Gasteiger partial charge in [0.15, 0.2) is 0 Å². The van der Waals surface area contributed by atoms with Crippen molar-refractivity contribution in [3.05, 3.63) is 29.3 Å². The third-order valence-corrected chi connectivity index (χ3v) is 5.35. The summed E-state index contributed by atoms with van der Waals surface area (Å²) in [4.78, 5) is 11.9. The first kappa shape index (κ1) is 17.1. The Morgan fingerprint density at radius 1 is 1.18 bits per heavy atom. The molecule has 1 fully saturated rings. The normalized spacial score (nSPS) is 16.5. The van der Waals surface area contributed by atoms with Gasteiger partial charge >= 0.3 is 6.03 Å². The van der Waals surface area contributed by atoms with Gasteiger partial charge in [0.25, 0.3) is 10.0 Å². The highest BCUT2D eigenvalue weighted by atomic mass is 35.5. The molecule has 0 aromatic heterocycles. The van der Waals surface area contributed by atoms with Crippen LogP contribution in [0.15, 0.2) is 29.2 Å². The summed E-state index contributed by atoms with van der Waals surface area (Å²) in [6.45, 7) is 0. The summed E-state index contributed by atoms with van der Waals surface area (Å²) >= 11 is 5.72. The van der Waals surface area contributed by atoms with Crippen LogP contribution in [-0.2, 0) is 10.0 Å². The van der Waals surface area contributed by atoms with Gasteiger partial charge in [-0.25, -0.2) is 22.9 Å². The number of carbonyl (C=O) groups excluding carboxylic acids is 1. The first-order valence-corrected chi connectivity index (χ1v) is 9.06. The third-order valence-electron chi connectivity index (χ3n) is 3.75. The summed E-state index contributed by atoms with van der Waals surface area (Å²) in [5.41, 5.74) is 2.56. The summed E-state index contributed by atoms with van der Waals surface area (Å²) in [7, 11) is -2.15. The molecule has 0 unspecified atom stereocenters. The van der Waals surface area contributed by atoms with E-state index in [1.165, 1.54) is 30.7 Å².